The van der Waals surface area contributed by atoms with Gasteiger partial charge in [0.15, 0.2) is 0 Å². The van der Waals surface area contributed by atoms with Crippen LogP contribution >= 0.6 is 11.6 Å². The Hall–Kier alpha value is -2.79. The first-order valence-corrected chi connectivity index (χ1v) is 8.62. The average Bonchev–Trinajstić information content (AvgIpc) is 2.88. The highest BCUT2D eigenvalue weighted by Gasteiger charge is 2.38. The van der Waals surface area contributed by atoms with Gasteiger partial charge in [0.1, 0.15) is 11.4 Å². The molecule has 2 aromatic carbocycles. The number of amides is 2. The molecule has 0 aromatic heterocycles. The summed E-state index contributed by atoms with van der Waals surface area (Å²) in [6.07, 6.45) is 0. The Morgan fingerprint density at radius 2 is 1.77 bits per heavy atom. The van der Waals surface area contributed by atoms with Gasteiger partial charge in [0.05, 0.1) is 12.7 Å². The number of halogens is 1. The molecular formula is C20H19ClN2O3. The van der Waals surface area contributed by atoms with E-state index in [1.54, 1.807) is 44.4 Å². The van der Waals surface area contributed by atoms with Gasteiger partial charge in [0.2, 0.25) is 0 Å². The van der Waals surface area contributed by atoms with E-state index in [1.807, 2.05) is 19.1 Å². The van der Waals surface area contributed by atoms with Gasteiger partial charge in [0.25, 0.3) is 11.8 Å². The molecule has 0 bridgehead atoms. The second kappa shape index (κ2) is 7.22. The predicted octanol–water partition coefficient (Wildman–Crippen LogP) is 3.87. The van der Waals surface area contributed by atoms with Crippen molar-refractivity contribution in [3.05, 3.63) is 64.3 Å². The van der Waals surface area contributed by atoms with Gasteiger partial charge in [-0.05, 0) is 49.2 Å². The first-order valence-electron chi connectivity index (χ1n) is 8.24. The minimum absolute atomic E-state index is 0.252. The number of benzene rings is 2. The van der Waals surface area contributed by atoms with Crippen LogP contribution in [0.25, 0.3) is 5.57 Å². The monoisotopic (exact) mass is 370 g/mol. The fourth-order valence-corrected chi connectivity index (χ4v) is 3.00. The van der Waals surface area contributed by atoms with Gasteiger partial charge < -0.3 is 10.1 Å². The molecule has 6 heteroatoms. The molecule has 0 radical (unpaired) electrons. The standard InChI is InChI=1S/C20H19ClN2O3/c1-4-23-19(24)17(13-6-9-15(26-3)10-7-13)18(20(23)25)22-14-8-5-12(2)16(21)11-14/h5-11,22H,4H2,1-3H3. The number of nitrogens with zero attached hydrogens (tertiary/aromatic N) is 1. The summed E-state index contributed by atoms with van der Waals surface area (Å²) in [5.74, 6) is 0.0155. The fourth-order valence-electron chi connectivity index (χ4n) is 2.82. The summed E-state index contributed by atoms with van der Waals surface area (Å²) in [6.45, 7) is 3.97. The number of rotatable bonds is 5. The van der Waals surface area contributed by atoms with E-state index in [-0.39, 0.29) is 17.5 Å². The molecule has 0 unspecified atom stereocenters. The molecule has 0 fully saturated rings. The van der Waals surface area contributed by atoms with Crippen molar-refractivity contribution >= 4 is 34.7 Å². The number of hydrogen-bond acceptors (Lipinski definition) is 4. The lowest BCUT2D eigenvalue weighted by atomic mass is 10.0. The Morgan fingerprint density at radius 1 is 1.08 bits per heavy atom. The number of likely N-dealkylation sites (N-methyl/N-ethyl adjacent to an activating group) is 1. The SMILES string of the molecule is CCN1C(=O)C(Nc2ccc(C)c(Cl)c2)=C(c2ccc(OC)cc2)C1=O. The highest BCUT2D eigenvalue weighted by molar-refractivity contribution is 6.36. The number of ether oxygens (including phenoxy) is 1. The number of methoxy groups -OCH3 is 1. The molecule has 5 nitrogen and oxygen atoms in total. The van der Waals surface area contributed by atoms with Gasteiger partial charge in [-0.1, -0.05) is 29.8 Å². The largest absolute Gasteiger partial charge is 0.497 e. The van der Waals surface area contributed by atoms with Gasteiger partial charge in [-0.2, -0.15) is 0 Å². The third-order valence-corrected chi connectivity index (χ3v) is 4.71. The van der Waals surface area contributed by atoms with Gasteiger partial charge in [-0.25, -0.2) is 0 Å². The summed E-state index contributed by atoms with van der Waals surface area (Å²) >= 11 is 6.17. The minimum Gasteiger partial charge on any atom is -0.497 e. The zero-order chi connectivity index (χ0) is 18.8. The van der Waals surface area contributed by atoms with Gasteiger partial charge in [-0.3, -0.25) is 14.5 Å². The van der Waals surface area contributed by atoms with E-state index in [0.717, 1.165) is 5.56 Å². The maximum atomic E-state index is 12.8. The molecule has 2 aromatic rings. The zero-order valence-corrected chi connectivity index (χ0v) is 15.6. The molecule has 0 saturated carbocycles. The zero-order valence-electron chi connectivity index (χ0n) is 14.8. The highest BCUT2D eigenvalue weighted by atomic mass is 35.5. The van der Waals surface area contributed by atoms with Crippen molar-refractivity contribution in [1.29, 1.82) is 0 Å². The summed E-state index contributed by atoms with van der Waals surface area (Å²) in [5.41, 5.74) is 2.84. The van der Waals surface area contributed by atoms with Crippen molar-refractivity contribution < 1.29 is 14.3 Å². The quantitative estimate of drug-likeness (QED) is 0.812. The number of anilines is 1. The number of imide groups is 1. The Labute approximate surface area is 157 Å². The van der Waals surface area contributed by atoms with Crippen LogP contribution in [0.2, 0.25) is 5.02 Å². The molecule has 1 N–H and O–H groups in total. The number of aryl methyl sites for hydroxylation is 1. The van der Waals surface area contributed by atoms with Crippen molar-refractivity contribution in [1.82, 2.24) is 4.90 Å². The van der Waals surface area contributed by atoms with E-state index in [4.69, 9.17) is 16.3 Å². The van der Waals surface area contributed by atoms with Crippen LogP contribution in [0.5, 0.6) is 5.75 Å². The van der Waals surface area contributed by atoms with Gasteiger partial charge in [0, 0.05) is 17.3 Å². The summed E-state index contributed by atoms with van der Waals surface area (Å²) < 4.78 is 5.16. The fraction of sp³-hybridized carbons (Fsp3) is 0.200. The lowest BCUT2D eigenvalue weighted by Gasteiger charge is -2.12. The van der Waals surface area contributed by atoms with E-state index >= 15 is 0 Å². The highest BCUT2D eigenvalue weighted by Crippen LogP contribution is 2.32. The smallest absolute Gasteiger partial charge is 0.278 e. The van der Waals surface area contributed by atoms with Crippen molar-refractivity contribution in [2.24, 2.45) is 0 Å². The van der Waals surface area contributed by atoms with Crippen LogP contribution in [0.1, 0.15) is 18.1 Å². The minimum atomic E-state index is -0.347. The molecule has 26 heavy (non-hydrogen) atoms. The van der Waals surface area contributed by atoms with Crippen LogP contribution in [0.4, 0.5) is 5.69 Å². The van der Waals surface area contributed by atoms with Crippen LogP contribution in [0.3, 0.4) is 0 Å². The number of nitrogens with one attached hydrogen (secondary N) is 1. The van der Waals surface area contributed by atoms with E-state index < -0.39 is 0 Å². The van der Waals surface area contributed by atoms with Crippen LogP contribution in [0, 0.1) is 6.92 Å². The molecular weight excluding hydrogens is 352 g/mol. The number of hydrogen-bond donors (Lipinski definition) is 1. The summed E-state index contributed by atoms with van der Waals surface area (Å²) in [4.78, 5) is 26.7. The maximum Gasteiger partial charge on any atom is 0.278 e. The Balaban J connectivity index is 2.07. The van der Waals surface area contributed by atoms with Crippen molar-refractivity contribution in [2.45, 2.75) is 13.8 Å². The predicted molar refractivity (Wildman–Crippen MR) is 102 cm³/mol. The Morgan fingerprint density at radius 3 is 2.35 bits per heavy atom. The Bertz CT molecular complexity index is 904. The van der Waals surface area contributed by atoms with E-state index in [1.165, 1.54) is 4.90 Å². The van der Waals surface area contributed by atoms with Crippen LogP contribution < -0.4 is 10.1 Å². The normalized spacial score (nSPS) is 14.2. The molecule has 0 saturated heterocycles. The number of carbonyl (C=O) groups excluding carboxylic acids is 2. The topological polar surface area (TPSA) is 58.6 Å². The van der Waals surface area contributed by atoms with Crippen molar-refractivity contribution in [3.63, 3.8) is 0 Å². The summed E-state index contributed by atoms with van der Waals surface area (Å²) in [7, 11) is 1.57. The third kappa shape index (κ3) is 3.18. The first kappa shape index (κ1) is 18.0. The Kier molecular flexibility index (Phi) is 5.00. The average molecular weight is 371 g/mol. The van der Waals surface area contributed by atoms with Crippen LogP contribution in [-0.4, -0.2) is 30.4 Å². The molecule has 1 aliphatic rings. The molecule has 0 atom stereocenters. The van der Waals surface area contributed by atoms with Crippen molar-refractivity contribution in [3.8, 4) is 5.75 Å². The van der Waals surface area contributed by atoms with E-state index in [9.17, 15) is 9.59 Å². The van der Waals surface area contributed by atoms with Gasteiger partial charge >= 0.3 is 0 Å². The summed E-state index contributed by atoms with van der Waals surface area (Å²) in [5, 5.41) is 3.67. The molecule has 0 aliphatic carbocycles. The summed E-state index contributed by atoms with van der Waals surface area (Å²) in [6, 6.07) is 12.5. The lowest BCUT2D eigenvalue weighted by Crippen LogP contribution is -2.32. The van der Waals surface area contributed by atoms with Crippen LogP contribution in [0.15, 0.2) is 48.2 Å². The third-order valence-electron chi connectivity index (χ3n) is 4.30. The molecule has 0 spiro atoms. The van der Waals surface area contributed by atoms with Gasteiger partial charge in [-0.15, -0.1) is 0 Å². The van der Waals surface area contributed by atoms with Crippen molar-refractivity contribution in [2.75, 3.05) is 19.0 Å². The lowest BCUT2D eigenvalue weighted by molar-refractivity contribution is -0.136. The number of carbonyl (C=O) groups is 2. The molecule has 1 aliphatic heterocycles. The molecule has 1 heterocycles. The second-order valence-corrected chi connectivity index (χ2v) is 6.33. The molecule has 134 valence electrons. The van der Waals surface area contributed by atoms with Crippen LogP contribution in [-0.2, 0) is 9.59 Å². The molecule has 3 rings (SSSR count). The molecule has 2 amide bonds. The van der Waals surface area contributed by atoms with E-state index in [2.05, 4.69) is 5.32 Å². The van der Waals surface area contributed by atoms with E-state index in [0.29, 0.717) is 34.1 Å². The maximum absolute atomic E-state index is 12.8. The first-order chi connectivity index (χ1) is 12.5. The second-order valence-electron chi connectivity index (χ2n) is 5.92.